The van der Waals surface area contributed by atoms with Crippen molar-refractivity contribution in [1.82, 2.24) is 0 Å². The van der Waals surface area contributed by atoms with Gasteiger partial charge in [-0.1, -0.05) is 29.3 Å². The third-order valence-corrected chi connectivity index (χ3v) is 2.76. The molecule has 0 N–H and O–H groups in total. The van der Waals surface area contributed by atoms with Crippen molar-refractivity contribution in [3.63, 3.8) is 0 Å². The van der Waals surface area contributed by atoms with E-state index in [9.17, 15) is 13.6 Å². The van der Waals surface area contributed by atoms with Gasteiger partial charge < -0.3 is 4.74 Å². The molecule has 0 unspecified atom stereocenters. The van der Waals surface area contributed by atoms with E-state index < -0.39 is 13.0 Å². The first-order chi connectivity index (χ1) is 8.49. The third-order valence-electron chi connectivity index (χ3n) is 2.17. The Morgan fingerprint density at radius 2 is 2.06 bits per heavy atom. The Morgan fingerprint density at radius 1 is 1.33 bits per heavy atom. The summed E-state index contributed by atoms with van der Waals surface area (Å²) in [4.78, 5) is 11.5. The van der Waals surface area contributed by atoms with E-state index in [0.717, 1.165) is 0 Å². The van der Waals surface area contributed by atoms with Crippen molar-refractivity contribution in [1.29, 1.82) is 0 Å². The van der Waals surface area contributed by atoms with E-state index in [1.165, 1.54) is 0 Å². The number of carbonyl (C=O) groups is 1. The Morgan fingerprint density at radius 3 is 2.67 bits per heavy atom. The molecule has 6 heteroatoms. The minimum atomic E-state index is -2.51. The molecule has 0 saturated heterocycles. The summed E-state index contributed by atoms with van der Waals surface area (Å²) in [5.74, 6) is -0.117. The van der Waals surface area contributed by atoms with Gasteiger partial charge in [0.2, 0.25) is 0 Å². The zero-order valence-corrected chi connectivity index (χ0v) is 11.0. The average molecular weight is 297 g/mol. The first-order valence-corrected chi connectivity index (χ1v) is 6.06. The van der Waals surface area contributed by atoms with Gasteiger partial charge in [-0.3, -0.25) is 4.79 Å². The summed E-state index contributed by atoms with van der Waals surface area (Å²) < 4.78 is 28.1. The molecule has 0 aliphatic carbocycles. The maximum atomic E-state index is 11.8. The first-order valence-electron chi connectivity index (χ1n) is 5.30. The summed E-state index contributed by atoms with van der Waals surface area (Å²) >= 11 is 11.6. The van der Waals surface area contributed by atoms with Crippen LogP contribution in [0.25, 0.3) is 0 Å². The average Bonchev–Trinajstić information content (AvgIpc) is 2.28. The van der Waals surface area contributed by atoms with Gasteiger partial charge in [-0.05, 0) is 17.7 Å². The van der Waals surface area contributed by atoms with Gasteiger partial charge >= 0.3 is 0 Å². The molecule has 0 saturated carbocycles. The molecular weight excluding hydrogens is 285 g/mol. The van der Waals surface area contributed by atoms with Crippen molar-refractivity contribution in [3.8, 4) is 0 Å². The molecule has 18 heavy (non-hydrogen) atoms. The monoisotopic (exact) mass is 296 g/mol. The molecule has 0 radical (unpaired) electrons. The number of alkyl halides is 2. The Hall–Kier alpha value is -0.710. The number of ketones is 1. The number of hydrogen-bond acceptors (Lipinski definition) is 2. The highest BCUT2D eigenvalue weighted by Gasteiger charge is 2.09. The number of ether oxygens (including phenoxy) is 1. The number of rotatable bonds is 7. The van der Waals surface area contributed by atoms with Gasteiger partial charge in [0.05, 0.1) is 6.61 Å². The first kappa shape index (κ1) is 15.3. The molecule has 100 valence electrons. The van der Waals surface area contributed by atoms with Gasteiger partial charge in [0.15, 0.2) is 0 Å². The van der Waals surface area contributed by atoms with Crippen LogP contribution in [0.5, 0.6) is 0 Å². The van der Waals surface area contributed by atoms with Crippen LogP contribution in [0.1, 0.15) is 12.0 Å². The SMILES string of the molecule is O=C(CCOCC(F)F)Cc1ccc(Cl)cc1Cl. The van der Waals surface area contributed by atoms with Crippen molar-refractivity contribution in [2.24, 2.45) is 0 Å². The molecule has 2 nitrogen and oxygen atoms in total. The summed E-state index contributed by atoms with van der Waals surface area (Å²) in [6, 6.07) is 4.87. The molecular formula is C12H12Cl2F2O2. The van der Waals surface area contributed by atoms with Crippen LogP contribution < -0.4 is 0 Å². The van der Waals surface area contributed by atoms with E-state index in [1.807, 2.05) is 0 Å². The molecule has 0 aromatic heterocycles. The van der Waals surface area contributed by atoms with Crippen molar-refractivity contribution >= 4 is 29.0 Å². The molecule has 0 heterocycles. The third kappa shape index (κ3) is 5.76. The van der Waals surface area contributed by atoms with Gasteiger partial charge in [0, 0.05) is 22.9 Å². The van der Waals surface area contributed by atoms with Crippen LogP contribution >= 0.6 is 23.2 Å². The normalized spacial score (nSPS) is 10.9. The molecule has 0 bridgehead atoms. The van der Waals surface area contributed by atoms with E-state index in [4.69, 9.17) is 23.2 Å². The molecule has 1 aromatic carbocycles. The Bertz CT molecular complexity index is 411. The van der Waals surface area contributed by atoms with E-state index in [-0.39, 0.29) is 25.2 Å². The highest BCUT2D eigenvalue weighted by atomic mass is 35.5. The van der Waals surface area contributed by atoms with Crippen LogP contribution in [-0.4, -0.2) is 25.4 Å². The molecule has 1 aromatic rings. The summed E-state index contributed by atoms with van der Waals surface area (Å²) in [6.45, 7) is -0.649. The Balaban J connectivity index is 2.35. The molecule has 1 rings (SSSR count). The lowest BCUT2D eigenvalue weighted by molar-refractivity contribution is -0.119. The van der Waals surface area contributed by atoms with Crippen LogP contribution in [0.3, 0.4) is 0 Å². The van der Waals surface area contributed by atoms with Gasteiger partial charge in [-0.2, -0.15) is 0 Å². The number of benzene rings is 1. The quantitative estimate of drug-likeness (QED) is 0.716. The van der Waals surface area contributed by atoms with Gasteiger partial charge in [0.25, 0.3) is 6.43 Å². The second-order valence-electron chi connectivity index (χ2n) is 3.67. The lowest BCUT2D eigenvalue weighted by Crippen LogP contribution is -2.11. The molecule has 0 spiro atoms. The Kier molecular flexibility index (Phi) is 6.54. The van der Waals surface area contributed by atoms with Gasteiger partial charge in [-0.15, -0.1) is 0 Å². The summed E-state index contributed by atoms with van der Waals surface area (Å²) in [5, 5.41) is 0.917. The molecule has 0 atom stereocenters. The maximum Gasteiger partial charge on any atom is 0.261 e. The lowest BCUT2D eigenvalue weighted by Gasteiger charge is -2.05. The topological polar surface area (TPSA) is 26.3 Å². The predicted molar refractivity (Wildman–Crippen MR) is 66.6 cm³/mol. The van der Waals surface area contributed by atoms with E-state index in [1.54, 1.807) is 18.2 Å². The minimum Gasteiger partial charge on any atom is -0.375 e. The van der Waals surface area contributed by atoms with Crippen molar-refractivity contribution < 1.29 is 18.3 Å². The van der Waals surface area contributed by atoms with Crippen molar-refractivity contribution in [2.45, 2.75) is 19.3 Å². The highest BCUT2D eigenvalue weighted by molar-refractivity contribution is 6.35. The number of hydrogen-bond donors (Lipinski definition) is 0. The molecule has 0 aliphatic rings. The number of carbonyl (C=O) groups excluding carboxylic acids is 1. The second-order valence-corrected chi connectivity index (χ2v) is 4.51. The van der Waals surface area contributed by atoms with Crippen molar-refractivity contribution in [2.75, 3.05) is 13.2 Å². The zero-order valence-electron chi connectivity index (χ0n) is 9.47. The van der Waals surface area contributed by atoms with Crippen molar-refractivity contribution in [3.05, 3.63) is 33.8 Å². The van der Waals surface area contributed by atoms with Crippen LogP contribution in [0, 0.1) is 0 Å². The van der Waals surface area contributed by atoms with E-state index in [0.29, 0.717) is 15.6 Å². The fourth-order valence-corrected chi connectivity index (χ4v) is 1.80. The van der Waals surface area contributed by atoms with Crippen LogP contribution in [0.2, 0.25) is 10.0 Å². The summed E-state index contributed by atoms with van der Waals surface area (Å²) in [7, 11) is 0. The van der Waals surface area contributed by atoms with Crippen LogP contribution in [0.4, 0.5) is 8.78 Å². The fraction of sp³-hybridized carbons (Fsp3) is 0.417. The second kappa shape index (κ2) is 7.67. The molecule has 0 fully saturated rings. The van der Waals surface area contributed by atoms with E-state index in [2.05, 4.69) is 4.74 Å². The smallest absolute Gasteiger partial charge is 0.261 e. The maximum absolute atomic E-state index is 11.8. The van der Waals surface area contributed by atoms with Gasteiger partial charge in [0.1, 0.15) is 12.4 Å². The number of Topliss-reactive ketones (excluding diaryl/α,β-unsaturated/α-hetero) is 1. The molecule has 0 amide bonds. The lowest BCUT2D eigenvalue weighted by atomic mass is 10.1. The predicted octanol–water partition coefficient (Wildman–Crippen LogP) is 3.78. The van der Waals surface area contributed by atoms with Crippen LogP contribution in [-0.2, 0) is 16.0 Å². The fourth-order valence-electron chi connectivity index (χ4n) is 1.32. The zero-order chi connectivity index (χ0) is 13.5. The highest BCUT2D eigenvalue weighted by Crippen LogP contribution is 2.21. The standard InChI is InChI=1S/C12H12Cl2F2O2/c13-9-2-1-8(11(14)6-9)5-10(17)3-4-18-7-12(15)16/h1-2,6,12H,3-5,7H2. The summed E-state index contributed by atoms with van der Waals surface area (Å²) in [5.41, 5.74) is 0.667. The van der Waals surface area contributed by atoms with E-state index >= 15 is 0 Å². The minimum absolute atomic E-state index is 0.00557. The largest absolute Gasteiger partial charge is 0.375 e. The van der Waals surface area contributed by atoms with Crippen LogP contribution in [0.15, 0.2) is 18.2 Å². The Labute approximate surface area is 114 Å². The number of halogens is 4. The van der Waals surface area contributed by atoms with Gasteiger partial charge in [-0.25, -0.2) is 8.78 Å². The molecule has 0 aliphatic heterocycles. The summed E-state index contributed by atoms with van der Waals surface area (Å²) in [6.07, 6.45) is -2.27.